The second kappa shape index (κ2) is 49.2. The zero-order chi connectivity index (χ0) is 91.5. The lowest BCUT2D eigenvalue weighted by Crippen LogP contribution is -2.62. The lowest BCUT2D eigenvalue weighted by Gasteiger charge is -2.28. The number of H-pyrrole nitrogens is 1. The molecule has 0 saturated heterocycles. The van der Waals surface area contributed by atoms with Gasteiger partial charge in [-0.3, -0.25) is 95.9 Å². The van der Waals surface area contributed by atoms with Crippen molar-refractivity contribution in [3.05, 3.63) is 108 Å². The van der Waals surface area contributed by atoms with E-state index in [-0.39, 0.29) is 38.0 Å². The van der Waals surface area contributed by atoms with Gasteiger partial charge in [-0.05, 0) is 88.5 Å². The summed E-state index contributed by atoms with van der Waals surface area (Å²) < 4.78 is 0. The molecule has 3 aromatic carbocycles. The van der Waals surface area contributed by atoms with Crippen molar-refractivity contribution >= 4 is 129 Å². The number of primary amides is 1. The van der Waals surface area contributed by atoms with E-state index < -0.39 is 260 Å². The fourth-order valence-corrected chi connectivity index (χ4v) is 12.1. The summed E-state index contributed by atoms with van der Waals surface area (Å²) in [6.45, 7) is 12.6. The molecular weight excluding hydrogens is 1600 g/mol. The van der Waals surface area contributed by atoms with E-state index in [0.717, 1.165) is 27.7 Å². The van der Waals surface area contributed by atoms with Crippen molar-refractivity contribution in [1.82, 2.24) is 84.7 Å². The van der Waals surface area contributed by atoms with Gasteiger partial charge >= 0.3 is 23.9 Å². The van der Waals surface area contributed by atoms with Gasteiger partial charge in [-0.1, -0.05) is 107 Å². The van der Waals surface area contributed by atoms with Crippen LogP contribution >= 0.6 is 0 Å². The summed E-state index contributed by atoms with van der Waals surface area (Å²) in [7, 11) is 0. The highest BCUT2D eigenvalue weighted by Crippen LogP contribution is 2.21. The lowest BCUT2D eigenvalue weighted by atomic mass is 10.0. The number of hydrogen-bond acceptors (Lipinski definition) is 22. The molecule has 0 radical (unpaired) electrons. The number of carbonyl (C=O) groups excluding carboxylic acids is 16. The number of aromatic nitrogens is 1. The number of hydrogen-bond donors (Lipinski definition) is 23. The van der Waals surface area contributed by atoms with Crippen molar-refractivity contribution in [2.24, 2.45) is 17.6 Å². The van der Waals surface area contributed by atoms with Crippen LogP contribution in [0.25, 0.3) is 10.9 Å². The van der Waals surface area contributed by atoms with E-state index in [4.69, 9.17) is 5.73 Å². The monoisotopic (exact) mass is 1710 g/mol. The van der Waals surface area contributed by atoms with Crippen LogP contribution in [0.15, 0.2) is 91.1 Å². The quantitative estimate of drug-likeness (QED) is 0.0196. The number of aliphatic carboxylic acids is 4. The molecule has 43 nitrogen and oxygen atoms in total. The predicted octanol–water partition coefficient (Wildman–Crippen LogP) is -5.19. The van der Waals surface area contributed by atoms with Crippen LogP contribution in [0.1, 0.15) is 131 Å². The Morgan fingerprint density at radius 3 is 1.06 bits per heavy atom. The molecule has 1 heterocycles. The van der Waals surface area contributed by atoms with Gasteiger partial charge in [-0.25, -0.2) is 0 Å². The first-order valence-electron chi connectivity index (χ1n) is 38.9. The first-order valence-corrected chi connectivity index (χ1v) is 38.9. The molecule has 0 aliphatic rings. The fraction of sp³-hybridized carbons (Fsp3) is 0.494. The molecule has 43 heteroatoms. The molecule has 0 bridgehead atoms. The van der Waals surface area contributed by atoms with E-state index in [2.05, 4.69) is 79.4 Å². The molecule has 1 aromatic heterocycles. The molecule has 24 N–H and O–H groups in total. The number of benzene rings is 3. The normalized spacial score (nSPS) is 15.0. The van der Waals surface area contributed by atoms with Gasteiger partial charge in [0.25, 0.3) is 0 Å². The molecule has 4 aromatic rings. The summed E-state index contributed by atoms with van der Waals surface area (Å²) in [6, 6.07) is -2.19. The molecule has 4 rings (SSSR count). The van der Waals surface area contributed by atoms with Crippen molar-refractivity contribution in [2.75, 3.05) is 6.61 Å². The lowest BCUT2D eigenvalue weighted by molar-refractivity contribution is -0.143. The number of rotatable bonds is 51. The molecule has 0 fully saturated rings. The van der Waals surface area contributed by atoms with Gasteiger partial charge in [0.2, 0.25) is 94.5 Å². The molecule has 16 atom stereocenters. The predicted molar refractivity (Wildman–Crippen MR) is 430 cm³/mol. The number of para-hydroxylation sites is 1. The second-order valence-electron chi connectivity index (χ2n) is 30.0. The second-order valence-corrected chi connectivity index (χ2v) is 30.0. The van der Waals surface area contributed by atoms with Crippen molar-refractivity contribution < 1.29 is 127 Å². The average molecular weight is 1710 g/mol. The third-order valence-corrected chi connectivity index (χ3v) is 18.5. The molecular formula is C79H109N17O26. The van der Waals surface area contributed by atoms with E-state index in [1.54, 1.807) is 119 Å². The topological polar surface area (TPSA) is 685 Å². The van der Waals surface area contributed by atoms with Gasteiger partial charge in [-0.2, -0.15) is 0 Å². The first kappa shape index (κ1) is 101. The van der Waals surface area contributed by atoms with E-state index >= 15 is 0 Å². The number of carbonyl (C=O) groups is 20. The fourth-order valence-electron chi connectivity index (χ4n) is 12.1. The zero-order valence-electron chi connectivity index (χ0n) is 68.8. The van der Waals surface area contributed by atoms with E-state index in [0.29, 0.717) is 27.6 Å². The van der Waals surface area contributed by atoms with E-state index in [1.807, 2.05) is 5.32 Å². The van der Waals surface area contributed by atoms with E-state index in [1.165, 1.54) is 13.8 Å². The van der Waals surface area contributed by atoms with Gasteiger partial charge in [-0.15, -0.1) is 0 Å². The van der Waals surface area contributed by atoms with Crippen molar-refractivity contribution in [3.8, 4) is 0 Å². The van der Waals surface area contributed by atoms with Gasteiger partial charge in [0.05, 0.1) is 32.0 Å². The van der Waals surface area contributed by atoms with E-state index in [9.17, 15) is 127 Å². The molecule has 0 saturated carbocycles. The van der Waals surface area contributed by atoms with Crippen LogP contribution < -0.4 is 85.5 Å². The summed E-state index contributed by atoms with van der Waals surface area (Å²) in [5, 5.41) is 95.0. The standard InChI is InChI=1S/C79H109N17O26/c1-37(2)27-51(71(114)83-41(7)69(112)95-59(36-97)65(80)108)88-66(109)40(6)84-72(115)53(29-45-19-13-11-14-20-45)92-74(117)55(31-47-35-81-49-24-18-17-23-48(47)49)89-67(110)39(5)82-70(113)50(25-26-60(100)101)87-73(116)52(28-38(3)4)91-77(120)58(34-63(106)107)94-76(119)57(33-62(104)105)90-68(111)42(8)85-79(122)64(43(9)98)96-78(121)54(30-46-21-15-12-16-22-46)93-75(118)56(32-61(102)103)86-44(10)99/h11-24,35,37-43,50-59,64,81,97-98H,25-34,36H2,1-10H3,(H2,80,108)(H,82,113)(H,83,114)(H,84,115)(H,85,122)(H,86,99)(H,87,116)(H,88,109)(H,89,110)(H,90,111)(H,91,120)(H,92,117)(H,93,118)(H,94,119)(H,95,112)(H,96,121)(H,100,101)(H,102,103)(H,104,105)(H,106,107)/t39-,40-,41-,42-,43+,50-,51-,52-,53-,54-,55-,56-,57-,58-,59-,64-/m0/s1. The molecule has 0 spiro atoms. The van der Waals surface area contributed by atoms with Crippen molar-refractivity contribution in [1.29, 1.82) is 0 Å². The SMILES string of the molecule is CC(=O)N[C@@H](CC(=O)O)C(=O)N[C@@H](Cc1ccccc1)C(=O)N[C@H](C(=O)N[C@@H](C)C(=O)N[C@@H](CC(=O)O)C(=O)N[C@@H](CC(=O)O)C(=O)N[C@@H](CC(C)C)C(=O)N[C@@H](CCC(=O)O)C(=O)N[C@@H](C)C(=O)N[C@@H](Cc1c[nH]c2ccccc12)C(=O)N[C@@H](Cc1ccccc1)C(=O)N[C@@H](C)C(=O)N[C@@H](CC(C)C)C(=O)N[C@@H](C)C(=O)N[C@@H](CO)C(N)=O)[C@@H](C)O. The van der Waals surface area contributed by atoms with Crippen molar-refractivity contribution in [3.63, 3.8) is 0 Å². The maximum atomic E-state index is 14.9. The van der Waals surface area contributed by atoms with Gasteiger partial charge < -0.3 is 121 Å². The number of aliphatic hydroxyl groups excluding tert-OH is 2. The Balaban J connectivity index is 1.56. The van der Waals surface area contributed by atoms with Gasteiger partial charge in [0, 0.05) is 49.7 Å². The van der Waals surface area contributed by atoms with Crippen LogP contribution in [0.3, 0.4) is 0 Å². The van der Waals surface area contributed by atoms with Crippen LogP contribution in [0.4, 0.5) is 0 Å². The third-order valence-electron chi connectivity index (χ3n) is 18.5. The number of nitrogens with one attached hydrogen (secondary N) is 16. The van der Waals surface area contributed by atoms with Crippen LogP contribution in [0.2, 0.25) is 0 Å². The first-order chi connectivity index (χ1) is 57.3. The summed E-state index contributed by atoms with van der Waals surface area (Å²) in [5.74, 6) is -24.9. The number of nitrogens with two attached hydrogens (primary N) is 1. The summed E-state index contributed by atoms with van der Waals surface area (Å²) in [4.78, 5) is 271. The number of carboxylic acids is 4. The Hall–Kier alpha value is -13.5. The highest BCUT2D eigenvalue weighted by molar-refractivity contribution is 6.02. The number of aliphatic hydroxyl groups is 2. The Morgan fingerprint density at radius 1 is 0.344 bits per heavy atom. The highest BCUT2D eigenvalue weighted by Gasteiger charge is 2.40. The number of fused-ring (bicyclic) bond motifs is 1. The summed E-state index contributed by atoms with van der Waals surface area (Å²) >= 11 is 0. The average Bonchev–Trinajstić information content (AvgIpc) is 1.64. The molecule has 122 heavy (non-hydrogen) atoms. The minimum absolute atomic E-state index is 0.0264. The molecule has 0 aliphatic carbocycles. The number of amides is 16. The Morgan fingerprint density at radius 2 is 0.656 bits per heavy atom. The third kappa shape index (κ3) is 34.5. The Labute approximate surface area is 700 Å². The number of carboxylic acid groups (broad SMARTS) is 4. The molecule has 0 aliphatic heterocycles. The van der Waals surface area contributed by atoms with Crippen LogP contribution in [-0.4, -0.2) is 257 Å². The van der Waals surface area contributed by atoms with Gasteiger partial charge in [0.1, 0.15) is 90.6 Å². The minimum atomic E-state index is -2.20. The minimum Gasteiger partial charge on any atom is -0.481 e. The van der Waals surface area contributed by atoms with Crippen LogP contribution in [0.5, 0.6) is 0 Å². The highest BCUT2D eigenvalue weighted by atomic mass is 16.4. The maximum Gasteiger partial charge on any atom is 0.305 e. The summed E-state index contributed by atoms with van der Waals surface area (Å²) in [6.07, 6.45) is -6.26. The van der Waals surface area contributed by atoms with Gasteiger partial charge in [0.15, 0.2) is 0 Å². The zero-order valence-corrected chi connectivity index (χ0v) is 68.8. The van der Waals surface area contributed by atoms with Crippen molar-refractivity contribution in [2.45, 2.75) is 230 Å². The summed E-state index contributed by atoms with van der Waals surface area (Å²) in [5.41, 5.74) is 7.24. The van der Waals surface area contributed by atoms with Crippen LogP contribution in [-0.2, 0) is 115 Å². The largest absolute Gasteiger partial charge is 0.481 e. The Kier molecular flexibility index (Phi) is 40.7. The molecule has 0 unspecified atom stereocenters. The molecule has 666 valence electrons. The Bertz CT molecular complexity index is 4390. The smallest absolute Gasteiger partial charge is 0.305 e. The van der Waals surface area contributed by atoms with Crippen LogP contribution in [0, 0.1) is 11.8 Å². The number of aromatic amines is 1. The maximum absolute atomic E-state index is 14.9. The molecule has 16 amide bonds.